The first-order chi connectivity index (χ1) is 11.0. The summed E-state index contributed by atoms with van der Waals surface area (Å²) < 4.78 is 5.14. The third-order valence-corrected chi connectivity index (χ3v) is 4.49. The van der Waals surface area contributed by atoms with Crippen molar-refractivity contribution in [3.05, 3.63) is 59.0 Å². The van der Waals surface area contributed by atoms with Crippen LogP contribution < -0.4 is 0 Å². The number of likely N-dealkylation sites (tertiary alicyclic amines) is 1. The molecule has 120 valence electrons. The number of rotatable bonds is 3. The highest BCUT2D eigenvalue weighted by Crippen LogP contribution is 2.34. The topological polar surface area (TPSA) is 70.8 Å². The largest absolute Gasteiger partial charge is 0.475 e. The first kappa shape index (κ1) is 15.3. The summed E-state index contributed by atoms with van der Waals surface area (Å²) in [7, 11) is 0. The van der Waals surface area contributed by atoms with Crippen LogP contribution in [0.15, 0.2) is 40.8 Å². The molecule has 0 aliphatic carbocycles. The number of benzene rings is 1. The highest BCUT2D eigenvalue weighted by Gasteiger charge is 2.35. The predicted octanol–water partition coefficient (Wildman–Crippen LogP) is 3.30. The highest BCUT2D eigenvalue weighted by atomic mass is 16.4. The van der Waals surface area contributed by atoms with E-state index in [0.717, 1.165) is 6.42 Å². The van der Waals surface area contributed by atoms with Crippen LogP contribution in [0.2, 0.25) is 0 Å². The Kier molecular flexibility index (Phi) is 3.94. The standard InChI is InChI=1S/C18H19NO4/c1-11-5-3-4-6-14(11)13-9-12(2)19(10-13)17(20)15-7-8-16(23-15)18(21)22/h3-8,12-13H,9-10H2,1-2H3,(H,21,22)/t12-,13+/m1/s1. The molecule has 1 amide bonds. The number of nitrogens with zero attached hydrogens (tertiary/aromatic N) is 1. The zero-order chi connectivity index (χ0) is 16.6. The van der Waals surface area contributed by atoms with Crippen molar-refractivity contribution in [1.29, 1.82) is 0 Å². The predicted molar refractivity (Wildman–Crippen MR) is 84.7 cm³/mol. The van der Waals surface area contributed by atoms with Gasteiger partial charge in [-0.1, -0.05) is 24.3 Å². The van der Waals surface area contributed by atoms with Crippen molar-refractivity contribution < 1.29 is 19.1 Å². The van der Waals surface area contributed by atoms with E-state index in [4.69, 9.17) is 9.52 Å². The Labute approximate surface area is 134 Å². The van der Waals surface area contributed by atoms with Crippen LogP contribution in [-0.4, -0.2) is 34.5 Å². The van der Waals surface area contributed by atoms with Crippen molar-refractivity contribution in [3.63, 3.8) is 0 Å². The van der Waals surface area contributed by atoms with Crippen molar-refractivity contribution in [2.75, 3.05) is 6.54 Å². The zero-order valence-electron chi connectivity index (χ0n) is 13.2. The van der Waals surface area contributed by atoms with Crippen LogP contribution in [0.4, 0.5) is 0 Å². The molecule has 1 N–H and O–H groups in total. The number of aromatic carboxylic acids is 1. The summed E-state index contributed by atoms with van der Waals surface area (Å²) in [5, 5.41) is 8.90. The molecule has 0 radical (unpaired) electrons. The summed E-state index contributed by atoms with van der Waals surface area (Å²) in [6, 6.07) is 11.0. The van der Waals surface area contributed by atoms with Crippen LogP contribution in [0.1, 0.15) is 51.5 Å². The van der Waals surface area contributed by atoms with Crippen molar-refractivity contribution in [1.82, 2.24) is 4.90 Å². The number of aryl methyl sites for hydroxylation is 1. The monoisotopic (exact) mass is 313 g/mol. The lowest BCUT2D eigenvalue weighted by molar-refractivity contribution is 0.0648. The fourth-order valence-electron chi connectivity index (χ4n) is 3.29. The number of carboxylic acids is 1. The molecule has 1 saturated heterocycles. The van der Waals surface area contributed by atoms with Crippen molar-refractivity contribution in [3.8, 4) is 0 Å². The Hall–Kier alpha value is -2.56. The van der Waals surface area contributed by atoms with Gasteiger partial charge in [0.15, 0.2) is 5.76 Å². The van der Waals surface area contributed by atoms with Crippen LogP contribution >= 0.6 is 0 Å². The molecule has 0 unspecified atom stereocenters. The molecule has 3 rings (SSSR count). The molecule has 2 heterocycles. The molecule has 0 bridgehead atoms. The number of furan rings is 1. The minimum Gasteiger partial charge on any atom is -0.475 e. The maximum absolute atomic E-state index is 12.6. The minimum absolute atomic E-state index is 0.0830. The van der Waals surface area contributed by atoms with Crippen LogP contribution in [0.3, 0.4) is 0 Å². The Bertz CT molecular complexity index is 749. The average Bonchev–Trinajstić information content (AvgIpc) is 3.14. The van der Waals surface area contributed by atoms with Gasteiger partial charge >= 0.3 is 5.97 Å². The lowest BCUT2D eigenvalue weighted by Crippen LogP contribution is -2.33. The maximum atomic E-state index is 12.6. The van der Waals surface area contributed by atoms with Gasteiger partial charge in [-0.2, -0.15) is 0 Å². The van der Waals surface area contributed by atoms with Crippen molar-refractivity contribution in [2.45, 2.75) is 32.2 Å². The van der Waals surface area contributed by atoms with Crippen LogP contribution in [-0.2, 0) is 0 Å². The second-order valence-electron chi connectivity index (χ2n) is 6.06. The normalized spacial score (nSPS) is 20.7. The van der Waals surface area contributed by atoms with Crippen LogP contribution in [0, 0.1) is 6.92 Å². The first-order valence-electron chi connectivity index (χ1n) is 7.67. The van der Waals surface area contributed by atoms with Crippen LogP contribution in [0.25, 0.3) is 0 Å². The molecule has 1 aromatic heterocycles. The van der Waals surface area contributed by atoms with E-state index in [0.29, 0.717) is 12.5 Å². The molecule has 1 aliphatic heterocycles. The smallest absolute Gasteiger partial charge is 0.371 e. The van der Waals surface area contributed by atoms with Gasteiger partial charge in [0.2, 0.25) is 5.76 Å². The average molecular weight is 313 g/mol. The van der Waals surface area contributed by atoms with E-state index in [9.17, 15) is 9.59 Å². The number of hydrogen-bond acceptors (Lipinski definition) is 3. The number of carboxylic acid groups (broad SMARTS) is 1. The number of carbonyl (C=O) groups excluding carboxylic acids is 1. The molecule has 0 spiro atoms. The van der Waals surface area contributed by atoms with Gasteiger partial charge in [0.25, 0.3) is 5.91 Å². The summed E-state index contributed by atoms with van der Waals surface area (Å²) in [6.07, 6.45) is 0.892. The number of hydrogen-bond donors (Lipinski definition) is 1. The SMILES string of the molecule is Cc1ccccc1[C@H]1C[C@@H](C)N(C(=O)c2ccc(C(=O)O)o2)C1. The highest BCUT2D eigenvalue weighted by molar-refractivity contribution is 5.94. The summed E-state index contributed by atoms with van der Waals surface area (Å²) in [6.45, 7) is 4.71. The Morgan fingerprint density at radius 1 is 1.17 bits per heavy atom. The lowest BCUT2D eigenvalue weighted by atomic mass is 9.93. The van der Waals surface area contributed by atoms with E-state index >= 15 is 0 Å². The Morgan fingerprint density at radius 3 is 2.52 bits per heavy atom. The maximum Gasteiger partial charge on any atom is 0.371 e. The molecule has 1 fully saturated rings. The van der Waals surface area contributed by atoms with E-state index in [1.165, 1.54) is 23.3 Å². The number of amides is 1. The first-order valence-corrected chi connectivity index (χ1v) is 7.67. The fourth-order valence-corrected chi connectivity index (χ4v) is 3.29. The summed E-state index contributed by atoms with van der Waals surface area (Å²) >= 11 is 0. The molecule has 2 atom stereocenters. The van der Waals surface area contributed by atoms with Gasteiger partial charge in [0, 0.05) is 18.5 Å². The quantitative estimate of drug-likeness (QED) is 0.943. The Balaban J connectivity index is 1.79. The summed E-state index contributed by atoms with van der Waals surface area (Å²) in [5.41, 5.74) is 2.49. The van der Waals surface area contributed by atoms with Gasteiger partial charge < -0.3 is 14.4 Å². The molecule has 5 heteroatoms. The molecular weight excluding hydrogens is 294 g/mol. The third-order valence-electron chi connectivity index (χ3n) is 4.49. The van der Waals surface area contributed by atoms with Crippen molar-refractivity contribution >= 4 is 11.9 Å². The summed E-state index contributed by atoms with van der Waals surface area (Å²) in [4.78, 5) is 25.2. The van der Waals surface area contributed by atoms with Gasteiger partial charge in [0.1, 0.15) is 0 Å². The molecule has 1 aliphatic rings. The Morgan fingerprint density at radius 2 is 1.87 bits per heavy atom. The van der Waals surface area contributed by atoms with E-state index in [-0.39, 0.29) is 23.5 Å². The molecule has 0 saturated carbocycles. The molecule has 23 heavy (non-hydrogen) atoms. The second kappa shape index (κ2) is 5.91. The van der Waals surface area contributed by atoms with Gasteiger partial charge in [-0.15, -0.1) is 0 Å². The van der Waals surface area contributed by atoms with Crippen LogP contribution in [0.5, 0.6) is 0 Å². The molecule has 1 aromatic carbocycles. The van der Waals surface area contributed by atoms with Gasteiger partial charge in [-0.05, 0) is 43.5 Å². The number of carbonyl (C=O) groups is 2. The summed E-state index contributed by atoms with van der Waals surface area (Å²) in [5.74, 6) is -1.25. The fraction of sp³-hybridized carbons (Fsp3) is 0.333. The van der Waals surface area contributed by atoms with E-state index in [2.05, 4.69) is 19.1 Å². The van der Waals surface area contributed by atoms with Crippen molar-refractivity contribution in [2.24, 2.45) is 0 Å². The van der Waals surface area contributed by atoms with E-state index in [1.54, 1.807) is 4.90 Å². The minimum atomic E-state index is -1.17. The molecule has 5 nitrogen and oxygen atoms in total. The van der Waals surface area contributed by atoms with E-state index < -0.39 is 5.97 Å². The third kappa shape index (κ3) is 2.86. The molecule has 2 aromatic rings. The van der Waals surface area contributed by atoms with Gasteiger partial charge in [-0.3, -0.25) is 4.79 Å². The van der Waals surface area contributed by atoms with Gasteiger partial charge in [0.05, 0.1) is 0 Å². The van der Waals surface area contributed by atoms with E-state index in [1.807, 2.05) is 19.1 Å². The second-order valence-corrected chi connectivity index (χ2v) is 6.06. The lowest BCUT2D eigenvalue weighted by Gasteiger charge is -2.20. The molecular formula is C18H19NO4. The zero-order valence-corrected chi connectivity index (χ0v) is 13.2. The van der Waals surface area contributed by atoms with Gasteiger partial charge in [-0.25, -0.2) is 4.79 Å².